The van der Waals surface area contributed by atoms with Crippen LogP contribution >= 0.6 is 0 Å². The number of anilines is 1. The molecule has 0 radical (unpaired) electrons. The molecule has 0 atom stereocenters. The molecule has 9 heteroatoms. The van der Waals surface area contributed by atoms with Crippen LogP contribution in [0.15, 0.2) is 35.0 Å². The van der Waals surface area contributed by atoms with Crippen molar-refractivity contribution in [2.24, 2.45) is 7.05 Å². The van der Waals surface area contributed by atoms with E-state index in [0.29, 0.717) is 24.1 Å². The van der Waals surface area contributed by atoms with Crippen LogP contribution in [-0.4, -0.2) is 42.6 Å². The first kappa shape index (κ1) is 16.6. The Morgan fingerprint density at radius 3 is 2.92 bits per heavy atom. The lowest BCUT2D eigenvalue weighted by molar-refractivity contribution is 0.203. The highest BCUT2D eigenvalue weighted by atomic mass is 16.5. The maximum absolute atomic E-state index is 12.3. The molecule has 9 nitrogen and oxygen atoms in total. The molecule has 0 aliphatic rings. The number of hydrogen-bond donors (Lipinski definition) is 1. The molecule has 3 aromatic rings. The zero-order valence-corrected chi connectivity index (χ0v) is 14.3. The highest BCUT2D eigenvalue weighted by Crippen LogP contribution is 2.17. The van der Waals surface area contributed by atoms with Crippen LogP contribution in [0.5, 0.6) is 0 Å². The second kappa shape index (κ2) is 7.12. The monoisotopic (exact) mass is 341 g/mol. The predicted molar refractivity (Wildman–Crippen MR) is 90.6 cm³/mol. The van der Waals surface area contributed by atoms with Gasteiger partial charge in [-0.1, -0.05) is 34.1 Å². The Hall–Kier alpha value is -3.23. The van der Waals surface area contributed by atoms with E-state index in [1.165, 1.54) is 4.68 Å². The second-order valence-corrected chi connectivity index (χ2v) is 5.60. The van der Waals surface area contributed by atoms with Crippen LogP contribution in [0, 0.1) is 6.92 Å². The molecule has 0 spiro atoms. The summed E-state index contributed by atoms with van der Waals surface area (Å²) in [6.07, 6.45) is 1.62. The van der Waals surface area contributed by atoms with Gasteiger partial charge in [0.2, 0.25) is 11.7 Å². The molecule has 3 rings (SSSR count). The third-order valence-corrected chi connectivity index (χ3v) is 3.58. The van der Waals surface area contributed by atoms with Gasteiger partial charge in [0, 0.05) is 19.2 Å². The van der Waals surface area contributed by atoms with Crippen LogP contribution in [0.1, 0.15) is 18.4 Å². The van der Waals surface area contributed by atoms with Gasteiger partial charge in [-0.25, -0.2) is 4.79 Å². The molecule has 0 saturated carbocycles. The summed E-state index contributed by atoms with van der Waals surface area (Å²) in [5, 5.41) is 14.3. The molecule has 0 aliphatic carbocycles. The van der Waals surface area contributed by atoms with Gasteiger partial charge < -0.3 is 9.42 Å². The smallest absolute Gasteiger partial charge is 0.323 e. The van der Waals surface area contributed by atoms with Gasteiger partial charge in [0.05, 0.1) is 6.20 Å². The molecule has 1 N–H and O–H groups in total. The largest absolute Gasteiger partial charge is 0.337 e. The molecule has 1 aromatic carbocycles. The van der Waals surface area contributed by atoms with E-state index in [9.17, 15) is 4.79 Å². The van der Waals surface area contributed by atoms with Crippen molar-refractivity contribution in [1.29, 1.82) is 0 Å². The third kappa shape index (κ3) is 4.00. The van der Waals surface area contributed by atoms with Gasteiger partial charge in [-0.3, -0.25) is 10.00 Å². The lowest BCUT2D eigenvalue weighted by Gasteiger charge is -2.18. The Morgan fingerprint density at radius 2 is 2.24 bits per heavy atom. The van der Waals surface area contributed by atoms with Crippen molar-refractivity contribution >= 4 is 11.8 Å². The summed E-state index contributed by atoms with van der Waals surface area (Å²) >= 11 is 0. The van der Waals surface area contributed by atoms with E-state index in [4.69, 9.17) is 4.52 Å². The molecule has 2 heterocycles. The van der Waals surface area contributed by atoms with Gasteiger partial charge in [0.25, 0.3) is 0 Å². The van der Waals surface area contributed by atoms with E-state index < -0.39 is 0 Å². The first-order valence-electron chi connectivity index (χ1n) is 7.87. The molecule has 0 fully saturated rings. The fourth-order valence-electron chi connectivity index (χ4n) is 2.30. The van der Waals surface area contributed by atoms with Crippen molar-refractivity contribution in [2.75, 3.05) is 11.9 Å². The Labute approximate surface area is 144 Å². The minimum Gasteiger partial charge on any atom is -0.337 e. The lowest BCUT2D eigenvalue weighted by atomic mass is 10.1. The quantitative estimate of drug-likeness (QED) is 0.763. The summed E-state index contributed by atoms with van der Waals surface area (Å²) in [6.45, 7) is 4.56. The molecule has 0 bridgehead atoms. The number of rotatable bonds is 5. The van der Waals surface area contributed by atoms with Crippen molar-refractivity contribution in [3.63, 3.8) is 0 Å². The highest BCUT2D eigenvalue weighted by molar-refractivity contribution is 5.87. The van der Waals surface area contributed by atoms with E-state index in [-0.39, 0.29) is 12.6 Å². The van der Waals surface area contributed by atoms with Crippen LogP contribution < -0.4 is 5.32 Å². The normalized spacial score (nSPS) is 10.7. The zero-order valence-electron chi connectivity index (χ0n) is 14.3. The molecule has 2 amide bonds. The van der Waals surface area contributed by atoms with Gasteiger partial charge in [0.15, 0.2) is 5.82 Å². The molecule has 130 valence electrons. The van der Waals surface area contributed by atoms with Crippen LogP contribution in [0.25, 0.3) is 11.4 Å². The van der Waals surface area contributed by atoms with Crippen molar-refractivity contribution in [3.05, 3.63) is 41.9 Å². The lowest BCUT2D eigenvalue weighted by Crippen LogP contribution is -2.34. The maximum atomic E-state index is 12.3. The Morgan fingerprint density at radius 1 is 1.40 bits per heavy atom. The van der Waals surface area contributed by atoms with Crippen molar-refractivity contribution in [3.8, 4) is 11.4 Å². The number of nitrogens with zero attached hydrogens (tertiary/aromatic N) is 6. The summed E-state index contributed by atoms with van der Waals surface area (Å²) in [5.41, 5.74) is 1.99. The van der Waals surface area contributed by atoms with E-state index in [0.717, 1.165) is 11.1 Å². The van der Waals surface area contributed by atoms with Crippen molar-refractivity contribution in [2.45, 2.75) is 20.4 Å². The molecule has 25 heavy (non-hydrogen) atoms. The SMILES string of the molecule is CCN(Cc1nc(-c2cccc(C)c2)no1)C(=O)Nc1cn(C)nn1. The predicted octanol–water partition coefficient (Wildman–Crippen LogP) is 2.23. The van der Waals surface area contributed by atoms with Crippen LogP contribution in [0.2, 0.25) is 0 Å². The Bertz CT molecular complexity index is 871. The summed E-state index contributed by atoms with van der Waals surface area (Å²) in [6, 6.07) is 7.53. The van der Waals surface area contributed by atoms with E-state index in [1.54, 1.807) is 18.1 Å². The molecule has 0 unspecified atom stereocenters. The van der Waals surface area contributed by atoms with Gasteiger partial charge in [-0.05, 0) is 19.9 Å². The van der Waals surface area contributed by atoms with Gasteiger partial charge >= 0.3 is 6.03 Å². The second-order valence-electron chi connectivity index (χ2n) is 5.60. The summed E-state index contributed by atoms with van der Waals surface area (Å²) in [5.74, 6) is 1.26. The number of carbonyl (C=O) groups excluding carboxylic acids is 1. The first-order chi connectivity index (χ1) is 12.0. The average molecular weight is 341 g/mol. The standard InChI is InChI=1S/C16H19N7O2/c1-4-23(16(24)17-13-9-22(3)21-19-13)10-14-18-15(20-25-14)12-7-5-6-11(2)8-12/h5-9H,4,10H2,1-3H3,(H,17,24). The van der Waals surface area contributed by atoms with Gasteiger partial charge in [-0.15, -0.1) is 5.10 Å². The Kier molecular flexibility index (Phi) is 4.73. The molecule has 2 aromatic heterocycles. The zero-order chi connectivity index (χ0) is 17.8. The van der Waals surface area contributed by atoms with Crippen LogP contribution in [0.3, 0.4) is 0 Å². The first-order valence-corrected chi connectivity index (χ1v) is 7.87. The number of aromatic nitrogens is 5. The highest BCUT2D eigenvalue weighted by Gasteiger charge is 2.17. The molecule has 0 aliphatic heterocycles. The number of carbonyl (C=O) groups is 1. The van der Waals surface area contributed by atoms with Gasteiger partial charge in [0.1, 0.15) is 6.54 Å². The number of aryl methyl sites for hydroxylation is 2. The number of nitrogens with one attached hydrogen (secondary N) is 1. The van der Waals surface area contributed by atoms with Gasteiger partial charge in [-0.2, -0.15) is 4.98 Å². The van der Waals surface area contributed by atoms with E-state index in [2.05, 4.69) is 25.8 Å². The molecular formula is C16H19N7O2. The molecular weight excluding hydrogens is 322 g/mol. The number of hydrogen-bond acceptors (Lipinski definition) is 6. The van der Waals surface area contributed by atoms with Crippen molar-refractivity contribution < 1.29 is 9.32 Å². The third-order valence-electron chi connectivity index (χ3n) is 3.58. The summed E-state index contributed by atoms with van der Waals surface area (Å²) in [4.78, 5) is 18.2. The fraction of sp³-hybridized carbons (Fsp3) is 0.312. The summed E-state index contributed by atoms with van der Waals surface area (Å²) in [7, 11) is 1.73. The number of benzene rings is 1. The number of amides is 2. The Balaban J connectivity index is 1.68. The minimum atomic E-state index is -0.307. The van der Waals surface area contributed by atoms with Crippen LogP contribution in [-0.2, 0) is 13.6 Å². The van der Waals surface area contributed by atoms with E-state index >= 15 is 0 Å². The van der Waals surface area contributed by atoms with E-state index in [1.807, 2.05) is 38.1 Å². The summed E-state index contributed by atoms with van der Waals surface area (Å²) < 4.78 is 6.79. The topological polar surface area (TPSA) is 102 Å². The molecule has 0 saturated heterocycles. The van der Waals surface area contributed by atoms with Crippen LogP contribution in [0.4, 0.5) is 10.6 Å². The number of urea groups is 1. The minimum absolute atomic E-state index is 0.210. The van der Waals surface area contributed by atoms with Crippen molar-refractivity contribution in [1.82, 2.24) is 30.0 Å². The average Bonchev–Trinajstić information content (AvgIpc) is 3.21. The fourth-order valence-corrected chi connectivity index (χ4v) is 2.30. The maximum Gasteiger partial charge on any atom is 0.323 e.